The lowest BCUT2D eigenvalue weighted by Gasteiger charge is -2.41. The highest BCUT2D eigenvalue weighted by molar-refractivity contribution is 5.21. The van der Waals surface area contributed by atoms with Crippen LogP contribution in [-0.4, -0.2) is 70.1 Å². The van der Waals surface area contributed by atoms with Crippen molar-refractivity contribution in [2.24, 2.45) is 0 Å². The topological polar surface area (TPSA) is 187 Å². The molecule has 10 heteroatoms. The van der Waals surface area contributed by atoms with Crippen molar-refractivity contribution in [3.05, 3.63) is 29.6 Å². The van der Waals surface area contributed by atoms with E-state index in [4.69, 9.17) is 30.6 Å². The van der Waals surface area contributed by atoms with Crippen LogP contribution in [0.2, 0.25) is 0 Å². The summed E-state index contributed by atoms with van der Waals surface area (Å²) in [5.41, 5.74) is -3.04. The number of aliphatic hydroxyl groups is 8. The minimum Gasteiger partial charge on any atom is -0.387 e. The van der Waals surface area contributed by atoms with Crippen LogP contribution in [0.5, 0.6) is 0 Å². The van der Waals surface area contributed by atoms with Gasteiger partial charge in [-0.2, -0.15) is 0 Å². The summed E-state index contributed by atoms with van der Waals surface area (Å²) >= 11 is 0. The van der Waals surface area contributed by atoms with E-state index in [1.165, 1.54) is 18.3 Å². The zero-order valence-electron chi connectivity index (χ0n) is 11.0. The van der Waals surface area contributed by atoms with Gasteiger partial charge in [-0.25, -0.2) is 0 Å². The molecule has 0 bridgehead atoms. The number of nitrogens with one attached hydrogen (secondary N) is 1. The molecule has 0 radical (unpaired) electrons. The molecule has 0 saturated heterocycles. The van der Waals surface area contributed by atoms with Gasteiger partial charge in [0.05, 0.1) is 6.10 Å². The maximum atomic E-state index is 9.89. The van der Waals surface area contributed by atoms with Crippen LogP contribution in [0.4, 0.5) is 0 Å². The van der Waals surface area contributed by atoms with E-state index in [1.807, 2.05) is 0 Å². The minimum atomic E-state index is -4.12. The summed E-state index contributed by atoms with van der Waals surface area (Å²) in [6.07, 6.45) is 0.102. The zero-order chi connectivity index (χ0) is 16.5. The standard InChI is InChI=1S/C11H18N2O8/c1-6-7(3-2-4-12-6)8(14)5-13-9(15,10(16,17)18)11(19,20)21/h2-4,8,13-21H,5H2,1H3. The Hall–Kier alpha value is -1.21. The molecule has 1 aromatic rings. The predicted octanol–water partition coefficient (Wildman–Crippen LogP) is -4.04. The molecule has 9 N–H and O–H groups in total. The Morgan fingerprint density at radius 3 is 2.05 bits per heavy atom. The van der Waals surface area contributed by atoms with Crippen LogP contribution in [-0.2, 0) is 0 Å². The lowest BCUT2D eigenvalue weighted by Crippen LogP contribution is -2.75. The average Bonchev–Trinajstić information content (AvgIpc) is 2.33. The van der Waals surface area contributed by atoms with Gasteiger partial charge in [0, 0.05) is 24.0 Å². The summed E-state index contributed by atoms with van der Waals surface area (Å²) in [4.78, 5) is 3.90. The zero-order valence-corrected chi connectivity index (χ0v) is 11.0. The third-order valence-electron chi connectivity index (χ3n) is 2.93. The number of rotatable bonds is 6. The van der Waals surface area contributed by atoms with Gasteiger partial charge in [-0.15, -0.1) is 0 Å². The molecule has 0 aliphatic rings. The first-order valence-corrected chi connectivity index (χ1v) is 5.81. The van der Waals surface area contributed by atoms with Gasteiger partial charge in [-0.3, -0.25) is 10.3 Å². The Balaban J connectivity index is 2.91. The van der Waals surface area contributed by atoms with Crippen molar-refractivity contribution in [3.63, 3.8) is 0 Å². The van der Waals surface area contributed by atoms with Gasteiger partial charge < -0.3 is 40.9 Å². The lowest BCUT2D eigenvalue weighted by atomic mass is 10.1. The maximum absolute atomic E-state index is 9.89. The minimum absolute atomic E-state index is 0.297. The van der Waals surface area contributed by atoms with Gasteiger partial charge >= 0.3 is 11.9 Å². The van der Waals surface area contributed by atoms with E-state index in [0.29, 0.717) is 11.3 Å². The molecule has 120 valence electrons. The van der Waals surface area contributed by atoms with Crippen molar-refractivity contribution in [2.75, 3.05) is 6.54 Å². The Morgan fingerprint density at radius 1 is 1.10 bits per heavy atom. The molecular formula is C11H18N2O8. The highest BCUT2D eigenvalue weighted by Gasteiger charge is 2.62. The second-order valence-electron chi connectivity index (χ2n) is 4.56. The fourth-order valence-corrected chi connectivity index (χ4v) is 1.67. The molecule has 1 heterocycles. The highest BCUT2D eigenvalue weighted by atomic mass is 16.7. The van der Waals surface area contributed by atoms with Crippen LogP contribution in [0.1, 0.15) is 17.4 Å². The first-order chi connectivity index (χ1) is 9.40. The fourth-order valence-electron chi connectivity index (χ4n) is 1.67. The largest absolute Gasteiger partial charge is 0.387 e. The van der Waals surface area contributed by atoms with Gasteiger partial charge in [0.1, 0.15) is 0 Å². The van der Waals surface area contributed by atoms with E-state index < -0.39 is 30.3 Å². The number of aliphatic hydroxyl groups excluding tert-OH is 1. The van der Waals surface area contributed by atoms with Gasteiger partial charge in [0.15, 0.2) is 0 Å². The molecular weight excluding hydrogens is 288 g/mol. The Morgan fingerprint density at radius 2 is 1.62 bits per heavy atom. The van der Waals surface area contributed by atoms with Crippen LogP contribution >= 0.6 is 0 Å². The van der Waals surface area contributed by atoms with Crippen LogP contribution in [0, 0.1) is 6.92 Å². The van der Waals surface area contributed by atoms with Gasteiger partial charge in [0.2, 0.25) is 0 Å². The summed E-state index contributed by atoms with van der Waals surface area (Å²) in [7, 11) is 0. The first-order valence-electron chi connectivity index (χ1n) is 5.81. The molecule has 0 amide bonds. The SMILES string of the molecule is Cc1ncccc1C(O)CNC(O)(C(O)(O)O)C(O)(O)O. The van der Waals surface area contributed by atoms with Crippen LogP contribution in [0.15, 0.2) is 18.3 Å². The summed E-state index contributed by atoms with van der Waals surface area (Å²) in [5.74, 6) is -8.23. The second-order valence-corrected chi connectivity index (χ2v) is 4.56. The van der Waals surface area contributed by atoms with E-state index in [0.717, 1.165) is 0 Å². The van der Waals surface area contributed by atoms with Crippen molar-refractivity contribution in [3.8, 4) is 0 Å². The Labute approximate surface area is 119 Å². The lowest BCUT2D eigenvalue weighted by molar-refractivity contribution is -0.502. The summed E-state index contributed by atoms with van der Waals surface area (Å²) in [6, 6.07) is 3.00. The van der Waals surface area contributed by atoms with Gasteiger partial charge in [-0.1, -0.05) is 6.07 Å². The normalized spacial score (nSPS) is 15.1. The van der Waals surface area contributed by atoms with Crippen molar-refractivity contribution in [1.29, 1.82) is 0 Å². The quantitative estimate of drug-likeness (QED) is 0.234. The third kappa shape index (κ3) is 3.71. The molecule has 10 nitrogen and oxygen atoms in total. The molecule has 0 spiro atoms. The average molecular weight is 306 g/mol. The molecule has 0 saturated carbocycles. The van der Waals surface area contributed by atoms with E-state index in [2.05, 4.69) is 4.98 Å². The smallest absolute Gasteiger partial charge is 0.329 e. The monoisotopic (exact) mass is 306 g/mol. The third-order valence-corrected chi connectivity index (χ3v) is 2.93. The molecule has 0 aliphatic carbocycles. The number of nitrogens with zero attached hydrogens (tertiary/aromatic N) is 1. The van der Waals surface area contributed by atoms with Gasteiger partial charge in [-0.05, 0) is 13.0 Å². The van der Waals surface area contributed by atoms with Crippen molar-refractivity contribution in [2.45, 2.75) is 30.7 Å². The van der Waals surface area contributed by atoms with E-state index in [1.54, 1.807) is 12.2 Å². The number of hydrogen-bond donors (Lipinski definition) is 9. The molecule has 0 aliphatic heterocycles. The molecule has 0 fully saturated rings. The molecule has 0 aromatic carbocycles. The van der Waals surface area contributed by atoms with Crippen molar-refractivity contribution < 1.29 is 40.9 Å². The Bertz CT molecular complexity index is 468. The molecule has 1 rings (SSSR count). The summed E-state index contributed by atoms with van der Waals surface area (Å²) in [5, 5.41) is 74.8. The summed E-state index contributed by atoms with van der Waals surface area (Å²) < 4.78 is 0. The van der Waals surface area contributed by atoms with Crippen LogP contribution < -0.4 is 5.32 Å². The van der Waals surface area contributed by atoms with Crippen molar-refractivity contribution in [1.82, 2.24) is 10.3 Å². The van der Waals surface area contributed by atoms with Gasteiger partial charge in [0.25, 0.3) is 5.72 Å². The number of hydrogen-bond acceptors (Lipinski definition) is 10. The maximum Gasteiger partial charge on any atom is 0.329 e. The molecule has 1 unspecified atom stereocenters. The van der Waals surface area contributed by atoms with E-state index in [-0.39, 0.29) is 0 Å². The number of aromatic nitrogens is 1. The summed E-state index contributed by atoms with van der Waals surface area (Å²) in [6.45, 7) is 0.892. The van der Waals surface area contributed by atoms with Crippen LogP contribution in [0.25, 0.3) is 0 Å². The molecule has 1 aromatic heterocycles. The highest BCUT2D eigenvalue weighted by Crippen LogP contribution is 2.25. The predicted molar refractivity (Wildman–Crippen MR) is 65.7 cm³/mol. The fraction of sp³-hybridized carbons (Fsp3) is 0.545. The molecule has 21 heavy (non-hydrogen) atoms. The number of aryl methyl sites for hydroxylation is 1. The van der Waals surface area contributed by atoms with E-state index >= 15 is 0 Å². The molecule has 1 atom stereocenters. The van der Waals surface area contributed by atoms with Crippen molar-refractivity contribution >= 4 is 0 Å². The van der Waals surface area contributed by atoms with Crippen LogP contribution in [0.3, 0.4) is 0 Å². The number of pyridine rings is 1. The second kappa shape index (κ2) is 5.88. The van der Waals surface area contributed by atoms with E-state index in [9.17, 15) is 10.2 Å². The first kappa shape index (κ1) is 17.8. The Kier molecular flexibility index (Phi) is 5.00.